The number of nitrogens with zero attached hydrogens (tertiary/aromatic N) is 1. The van der Waals surface area contributed by atoms with E-state index in [9.17, 15) is 27.8 Å². The van der Waals surface area contributed by atoms with Crippen molar-refractivity contribution in [3.05, 3.63) is 58.9 Å². The Kier molecular flexibility index (Phi) is 6.29. The lowest BCUT2D eigenvalue weighted by molar-refractivity contribution is 0.0692. The fourth-order valence-corrected chi connectivity index (χ4v) is 6.25. The lowest BCUT2D eigenvalue weighted by Gasteiger charge is -2.21. The Morgan fingerprint density at radius 1 is 1.29 bits per heavy atom. The monoisotopic (exact) mass is 502 g/mol. The molecule has 186 valence electrons. The highest BCUT2D eigenvalue weighted by molar-refractivity contribution is 7.92. The molecule has 2 aromatic rings. The molecule has 8 nitrogen and oxygen atoms in total. The molecule has 1 saturated heterocycles. The van der Waals surface area contributed by atoms with Gasteiger partial charge in [-0.25, -0.2) is 17.6 Å². The fourth-order valence-electron chi connectivity index (χ4n) is 5.00. The van der Waals surface area contributed by atoms with Crippen molar-refractivity contribution in [2.45, 2.75) is 23.7 Å². The number of carboxylic acid groups (broad SMARTS) is 1. The van der Waals surface area contributed by atoms with E-state index in [0.717, 1.165) is 43.6 Å². The third-order valence-electron chi connectivity index (χ3n) is 6.96. The second kappa shape index (κ2) is 9.25. The molecule has 1 aliphatic carbocycles. The number of hydrogen-bond acceptors (Lipinski definition) is 6. The Labute approximate surface area is 203 Å². The number of carbonyl (C=O) groups is 1. The number of ether oxygens (including phenoxy) is 1. The first-order valence-corrected chi connectivity index (χ1v) is 13.1. The molecule has 3 N–H and O–H groups in total. The number of rotatable bonds is 8. The van der Waals surface area contributed by atoms with Crippen LogP contribution >= 0.6 is 0 Å². The summed E-state index contributed by atoms with van der Waals surface area (Å²) < 4.78 is 48.7. The van der Waals surface area contributed by atoms with Gasteiger partial charge in [0.25, 0.3) is 10.0 Å². The molecular formula is C25H27FN2O6S. The number of anilines is 1. The van der Waals surface area contributed by atoms with Gasteiger partial charge in [0.1, 0.15) is 17.1 Å². The quantitative estimate of drug-likeness (QED) is 0.508. The Hall–Kier alpha value is -2.95. The number of fused-ring (bicyclic) bond motifs is 3. The lowest BCUT2D eigenvalue weighted by Crippen LogP contribution is -2.21. The summed E-state index contributed by atoms with van der Waals surface area (Å²) in [6.45, 7) is 2.65. The van der Waals surface area contributed by atoms with Gasteiger partial charge in [0.05, 0.1) is 17.2 Å². The maximum absolute atomic E-state index is 14.0. The highest BCUT2D eigenvalue weighted by Crippen LogP contribution is 2.55. The summed E-state index contributed by atoms with van der Waals surface area (Å²) in [6, 6.07) is 6.52. The molecule has 35 heavy (non-hydrogen) atoms. The summed E-state index contributed by atoms with van der Waals surface area (Å²) in [7, 11) is -4.24. The summed E-state index contributed by atoms with van der Waals surface area (Å²) >= 11 is 0. The zero-order valence-electron chi connectivity index (χ0n) is 19.0. The highest BCUT2D eigenvalue weighted by atomic mass is 32.2. The number of aliphatic hydroxyl groups is 1. The normalized spacial score (nSPS) is 23.5. The molecule has 0 amide bonds. The second-order valence-corrected chi connectivity index (χ2v) is 11.1. The maximum Gasteiger partial charge on any atom is 0.341 e. The van der Waals surface area contributed by atoms with Gasteiger partial charge >= 0.3 is 5.97 Å². The molecule has 2 fully saturated rings. The fraction of sp³-hybridized carbons (Fsp3) is 0.400. The topological polar surface area (TPSA) is 116 Å². The van der Waals surface area contributed by atoms with Gasteiger partial charge in [-0.15, -0.1) is 0 Å². The number of sulfonamides is 1. The van der Waals surface area contributed by atoms with E-state index in [1.807, 2.05) is 0 Å². The molecule has 2 aliphatic heterocycles. The van der Waals surface area contributed by atoms with E-state index in [0.29, 0.717) is 19.1 Å². The number of aliphatic hydroxyl groups excluding tert-OH is 1. The van der Waals surface area contributed by atoms with Crippen molar-refractivity contribution >= 4 is 27.8 Å². The van der Waals surface area contributed by atoms with E-state index in [2.05, 4.69) is 9.62 Å². The van der Waals surface area contributed by atoms with Crippen molar-refractivity contribution in [3.63, 3.8) is 0 Å². The van der Waals surface area contributed by atoms with Crippen LogP contribution in [0.15, 0.2) is 41.3 Å². The summed E-state index contributed by atoms with van der Waals surface area (Å²) in [5.74, 6) is -0.799. The van der Waals surface area contributed by atoms with Gasteiger partial charge in [-0.05, 0) is 66.6 Å². The first-order valence-electron chi connectivity index (χ1n) is 11.6. The summed E-state index contributed by atoms with van der Waals surface area (Å²) in [4.78, 5) is 14.0. The van der Waals surface area contributed by atoms with E-state index < -0.39 is 21.8 Å². The van der Waals surface area contributed by atoms with E-state index >= 15 is 0 Å². The van der Waals surface area contributed by atoms with Gasteiger partial charge in [0.15, 0.2) is 0 Å². The molecule has 0 spiro atoms. The van der Waals surface area contributed by atoms with Crippen molar-refractivity contribution in [1.29, 1.82) is 0 Å². The van der Waals surface area contributed by atoms with Crippen molar-refractivity contribution in [2.75, 3.05) is 37.6 Å². The number of aromatic carboxylic acids is 1. The number of benzene rings is 2. The van der Waals surface area contributed by atoms with Gasteiger partial charge < -0.3 is 14.9 Å². The molecule has 0 aromatic heterocycles. The summed E-state index contributed by atoms with van der Waals surface area (Å²) in [5.41, 5.74) is 0.629. The number of halogens is 1. The van der Waals surface area contributed by atoms with Crippen LogP contribution in [-0.4, -0.2) is 62.3 Å². The minimum absolute atomic E-state index is 0.0956. The van der Waals surface area contributed by atoms with E-state index in [4.69, 9.17) is 4.74 Å². The molecular weight excluding hydrogens is 475 g/mol. The van der Waals surface area contributed by atoms with E-state index in [-0.39, 0.29) is 45.9 Å². The largest absolute Gasteiger partial charge is 0.492 e. The van der Waals surface area contributed by atoms with Crippen molar-refractivity contribution in [2.24, 2.45) is 11.8 Å². The van der Waals surface area contributed by atoms with Crippen LogP contribution in [-0.2, 0) is 10.0 Å². The third kappa shape index (κ3) is 4.78. The van der Waals surface area contributed by atoms with Crippen LogP contribution in [0.25, 0.3) is 6.08 Å². The SMILES string of the molecule is O=C(O)c1c(NS(=O)(=O)c2ccc(F)cc2C=CCN2CCC(CO)C2)ccc2c1OC[C@@H]1C[C@H]21. The molecule has 5 rings (SSSR count). The van der Waals surface area contributed by atoms with Crippen LogP contribution in [0.5, 0.6) is 5.75 Å². The average molecular weight is 503 g/mol. The maximum atomic E-state index is 14.0. The third-order valence-corrected chi connectivity index (χ3v) is 8.40. The van der Waals surface area contributed by atoms with Crippen molar-refractivity contribution in [1.82, 2.24) is 4.90 Å². The predicted octanol–water partition coefficient (Wildman–Crippen LogP) is 3.15. The molecule has 3 aliphatic rings. The number of carboxylic acids is 1. The van der Waals surface area contributed by atoms with E-state index in [1.54, 1.807) is 18.2 Å². The van der Waals surface area contributed by atoms with Crippen LogP contribution in [0.2, 0.25) is 0 Å². The smallest absolute Gasteiger partial charge is 0.341 e. The first-order chi connectivity index (χ1) is 16.8. The number of likely N-dealkylation sites (tertiary alicyclic amines) is 1. The van der Waals surface area contributed by atoms with Crippen LogP contribution < -0.4 is 9.46 Å². The lowest BCUT2D eigenvalue weighted by atomic mass is 10.0. The van der Waals surface area contributed by atoms with Crippen LogP contribution in [0.1, 0.15) is 40.2 Å². The Balaban J connectivity index is 1.42. The zero-order chi connectivity index (χ0) is 24.7. The molecule has 0 bridgehead atoms. The Bertz CT molecular complexity index is 1300. The Morgan fingerprint density at radius 2 is 2.11 bits per heavy atom. The predicted molar refractivity (Wildman–Crippen MR) is 128 cm³/mol. The minimum Gasteiger partial charge on any atom is -0.492 e. The van der Waals surface area contributed by atoms with Crippen LogP contribution in [0, 0.1) is 17.7 Å². The first kappa shape index (κ1) is 23.8. The van der Waals surface area contributed by atoms with Gasteiger partial charge in [-0.3, -0.25) is 9.62 Å². The summed E-state index contributed by atoms with van der Waals surface area (Å²) in [6.07, 6.45) is 5.13. The van der Waals surface area contributed by atoms with Gasteiger partial charge in [-0.1, -0.05) is 18.2 Å². The van der Waals surface area contributed by atoms with Crippen molar-refractivity contribution < 1.29 is 32.6 Å². The molecule has 1 unspecified atom stereocenters. The average Bonchev–Trinajstić information content (AvgIpc) is 3.47. The second-order valence-electron chi connectivity index (χ2n) is 9.41. The zero-order valence-corrected chi connectivity index (χ0v) is 19.8. The molecule has 2 heterocycles. The Morgan fingerprint density at radius 3 is 2.86 bits per heavy atom. The summed E-state index contributed by atoms with van der Waals surface area (Å²) in [5, 5.41) is 19.1. The van der Waals surface area contributed by atoms with Crippen LogP contribution in [0.4, 0.5) is 10.1 Å². The molecule has 10 heteroatoms. The van der Waals surface area contributed by atoms with Gasteiger partial charge in [-0.2, -0.15) is 0 Å². The molecule has 1 saturated carbocycles. The molecule has 0 radical (unpaired) electrons. The van der Waals surface area contributed by atoms with Gasteiger partial charge in [0, 0.05) is 25.6 Å². The van der Waals surface area contributed by atoms with E-state index in [1.165, 1.54) is 12.1 Å². The number of hydrogen-bond donors (Lipinski definition) is 3. The highest BCUT2D eigenvalue weighted by Gasteiger charge is 2.45. The van der Waals surface area contributed by atoms with Crippen molar-refractivity contribution in [3.8, 4) is 5.75 Å². The number of nitrogens with one attached hydrogen (secondary N) is 1. The standard InChI is InChI=1S/C25H27FN2O6S/c26-18-3-6-22(16(10-18)2-1-8-28-9-7-15(12-28)13-29)35(32,33)27-21-5-4-19-20-11-17(20)14-34-24(19)23(21)25(30)31/h1-6,10,15,17,20,27,29H,7-9,11-14H2,(H,30,31)/t15?,17-,20-/m0/s1. The van der Waals surface area contributed by atoms with Crippen LogP contribution in [0.3, 0.4) is 0 Å². The molecule has 2 aromatic carbocycles. The molecule has 3 atom stereocenters. The minimum atomic E-state index is -4.24. The van der Waals surface area contributed by atoms with Gasteiger partial charge in [0.2, 0.25) is 0 Å².